The first-order chi connectivity index (χ1) is 10.7. The third-order valence-corrected chi connectivity index (χ3v) is 5.56. The summed E-state index contributed by atoms with van der Waals surface area (Å²) in [5, 5.41) is 3.15. The molecule has 1 amide bonds. The van der Waals surface area contributed by atoms with Gasteiger partial charge in [-0.25, -0.2) is 4.98 Å². The van der Waals surface area contributed by atoms with Crippen molar-refractivity contribution in [1.82, 2.24) is 9.88 Å². The Hall–Kier alpha value is -1.63. The number of aromatic nitrogens is 1. The van der Waals surface area contributed by atoms with Gasteiger partial charge in [-0.2, -0.15) is 0 Å². The van der Waals surface area contributed by atoms with Crippen LogP contribution in [0, 0.1) is 0 Å². The topological polar surface area (TPSA) is 42.4 Å². The predicted octanol–water partition coefficient (Wildman–Crippen LogP) is 3.91. The molecule has 1 saturated heterocycles. The lowest BCUT2D eigenvalue weighted by Gasteiger charge is -2.37. The molecule has 0 atom stereocenters. The first kappa shape index (κ1) is 14.0. The minimum absolute atomic E-state index is 0.00301. The first-order valence-corrected chi connectivity index (χ1v) is 8.82. The number of hydrogen-bond donors (Lipinski definition) is 0. The van der Waals surface area contributed by atoms with Gasteiger partial charge in [0.25, 0.3) is 11.1 Å². The summed E-state index contributed by atoms with van der Waals surface area (Å²) >= 11 is 9.05. The van der Waals surface area contributed by atoms with E-state index in [-0.39, 0.29) is 12.0 Å². The van der Waals surface area contributed by atoms with E-state index < -0.39 is 0 Å². The summed E-state index contributed by atoms with van der Waals surface area (Å²) in [6, 6.07) is 9.42. The fraction of sp³-hybridized carbons (Fsp3) is 0.200. The Morgan fingerprint density at radius 2 is 2.18 bits per heavy atom. The molecule has 0 N–H and O–H groups in total. The van der Waals surface area contributed by atoms with Gasteiger partial charge in [-0.05, 0) is 23.6 Å². The van der Waals surface area contributed by atoms with Crippen LogP contribution in [-0.4, -0.2) is 35.0 Å². The number of hydrogen-bond acceptors (Lipinski definition) is 5. The van der Waals surface area contributed by atoms with E-state index >= 15 is 0 Å². The highest BCUT2D eigenvalue weighted by molar-refractivity contribution is 7.20. The molecule has 1 aliphatic heterocycles. The summed E-state index contributed by atoms with van der Waals surface area (Å²) in [4.78, 5) is 19.1. The molecule has 3 aromatic rings. The van der Waals surface area contributed by atoms with E-state index in [1.807, 2.05) is 35.7 Å². The van der Waals surface area contributed by atoms with Gasteiger partial charge in [0.15, 0.2) is 0 Å². The van der Waals surface area contributed by atoms with Gasteiger partial charge in [-0.15, -0.1) is 11.3 Å². The van der Waals surface area contributed by atoms with Crippen LogP contribution >= 0.6 is 34.3 Å². The number of benzene rings is 1. The highest BCUT2D eigenvalue weighted by Crippen LogP contribution is 2.33. The van der Waals surface area contributed by atoms with Gasteiger partial charge in [0.1, 0.15) is 11.6 Å². The average molecular weight is 351 g/mol. The average Bonchev–Trinajstić information content (AvgIpc) is 3.11. The molecular formula is C15H11ClN2O2S2. The van der Waals surface area contributed by atoms with Crippen molar-refractivity contribution in [3.05, 3.63) is 45.6 Å². The van der Waals surface area contributed by atoms with Crippen molar-refractivity contribution in [2.45, 2.75) is 6.10 Å². The number of thiophene rings is 1. The fourth-order valence-electron chi connectivity index (χ4n) is 2.32. The standard InChI is InChI=1S/C15H11ClN2O2S2/c16-10-3-1-4-11-13(10)17-15(22-11)20-9-7-18(8-9)14(19)12-5-2-6-21-12/h1-6,9H,7-8H2. The van der Waals surface area contributed by atoms with Crippen LogP contribution in [0.4, 0.5) is 0 Å². The molecule has 2 aromatic heterocycles. The van der Waals surface area contributed by atoms with Crippen LogP contribution in [0.3, 0.4) is 0 Å². The number of nitrogens with zero attached hydrogens (tertiary/aromatic N) is 2. The number of carbonyl (C=O) groups is 1. The number of halogens is 1. The molecule has 0 aliphatic carbocycles. The van der Waals surface area contributed by atoms with E-state index in [9.17, 15) is 4.79 Å². The summed E-state index contributed by atoms with van der Waals surface area (Å²) in [7, 11) is 0. The molecule has 0 saturated carbocycles. The molecule has 0 unspecified atom stereocenters. The Bertz CT molecular complexity index is 825. The minimum Gasteiger partial charge on any atom is -0.463 e. The van der Waals surface area contributed by atoms with E-state index in [4.69, 9.17) is 16.3 Å². The Balaban J connectivity index is 1.41. The number of thiazole rings is 1. The zero-order chi connectivity index (χ0) is 15.1. The van der Waals surface area contributed by atoms with E-state index in [2.05, 4.69) is 4.98 Å². The van der Waals surface area contributed by atoms with Crippen LogP contribution in [0.15, 0.2) is 35.7 Å². The van der Waals surface area contributed by atoms with Crippen LogP contribution in [-0.2, 0) is 0 Å². The van der Waals surface area contributed by atoms with Crippen LogP contribution in [0.2, 0.25) is 5.02 Å². The summed E-state index contributed by atoms with van der Waals surface area (Å²) in [5.74, 6) is 0.0715. The molecule has 4 rings (SSSR count). The Morgan fingerprint density at radius 3 is 2.91 bits per heavy atom. The number of likely N-dealkylation sites (tertiary alicyclic amines) is 1. The molecule has 0 spiro atoms. The maximum Gasteiger partial charge on any atom is 0.274 e. The zero-order valence-corrected chi connectivity index (χ0v) is 13.7. The largest absolute Gasteiger partial charge is 0.463 e. The minimum atomic E-state index is 0.00301. The van der Waals surface area contributed by atoms with Gasteiger partial charge in [0.05, 0.1) is 27.7 Å². The van der Waals surface area contributed by atoms with Crippen molar-refractivity contribution in [2.24, 2.45) is 0 Å². The van der Waals surface area contributed by atoms with Crippen molar-refractivity contribution in [2.75, 3.05) is 13.1 Å². The summed E-state index contributed by atoms with van der Waals surface area (Å²) < 4.78 is 6.85. The number of para-hydroxylation sites is 1. The van der Waals surface area contributed by atoms with Gasteiger partial charge in [0, 0.05) is 0 Å². The number of rotatable bonds is 3. The Kier molecular flexibility index (Phi) is 3.52. The lowest BCUT2D eigenvalue weighted by Crippen LogP contribution is -2.56. The molecule has 1 aliphatic rings. The molecule has 3 heterocycles. The maximum absolute atomic E-state index is 12.1. The molecule has 22 heavy (non-hydrogen) atoms. The van der Waals surface area contributed by atoms with Crippen LogP contribution in [0.1, 0.15) is 9.67 Å². The predicted molar refractivity (Wildman–Crippen MR) is 89.3 cm³/mol. The van der Waals surface area contributed by atoms with E-state index in [1.54, 1.807) is 4.90 Å². The molecule has 1 fully saturated rings. The quantitative estimate of drug-likeness (QED) is 0.719. The molecular weight excluding hydrogens is 340 g/mol. The number of fused-ring (bicyclic) bond motifs is 1. The lowest BCUT2D eigenvalue weighted by molar-refractivity contribution is 0.0181. The second-order valence-electron chi connectivity index (χ2n) is 4.99. The van der Waals surface area contributed by atoms with Gasteiger partial charge < -0.3 is 9.64 Å². The Morgan fingerprint density at radius 1 is 1.32 bits per heavy atom. The third-order valence-electron chi connectivity index (χ3n) is 3.48. The molecule has 4 nitrogen and oxygen atoms in total. The highest BCUT2D eigenvalue weighted by Gasteiger charge is 2.33. The summed E-state index contributed by atoms with van der Waals surface area (Å²) in [6.45, 7) is 1.20. The number of carbonyl (C=O) groups excluding carboxylic acids is 1. The second kappa shape index (κ2) is 5.53. The molecule has 7 heteroatoms. The fourth-order valence-corrected chi connectivity index (χ4v) is 4.19. The number of amides is 1. The van der Waals surface area contributed by atoms with Gasteiger partial charge >= 0.3 is 0 Å². The van der Waals surface area contributed by atoms with Crippen molar-refractivity contribution in [1.29, 1.82) is 0 Å². The van der Waals surface area contributed by atoms with Crippen molar-refractivity contribution >= 4 is 50.4 Å². The summed E-state index contributed by atoms with van der Waals surface area (Å²) in [6.07, 6.45) is 0.00301. The monoisotopic (exact) mass is 350 g/mol. The number of ether oxygens (including phenoxy) is 1. The maximum atomic E-state index is 12.1. The van der Waals surface area contributed by atoms with E-state index in [1.165, 1.54) is 22.7 Å². The normalized spacial score (nSPS) is 15.0. The smallest absolute Gasteiger partial charge is 0.274 e. The summed E-state index contributed by atoms with van der Waals surface area (Å²) in [5.41, 5.74) is 0.773. The van der Waals surface area contributed by atoms with Gasteiger partial charge in [0.2, 0.25) is 0 Å². The lowest BCUT2D eigenvalue weighted by atomic mass is 10.1. The van der Waals surface area contributed by atoms with Crippen molar-refractivity contribution in [3.63, 3.8) is 0 Å². The van der Waals surface area contributed by atoms with E-state index in [0.29, 0.717) is 23.3 Å². The molecule has 1 aromatic carbocycles. The SMILES string of the molecule is O=C(c1cccs1)N1CC(Oc2nc3c(Cl)cccc3s2)C1. The highest BCUT2D eigenvalue weighted by atomic mass is 35.5. The van der Waals surface area contributed by atoms with Gasteiger partial charge in [-0.3, -0.25) is 4.79 Å². The first-order valence-electron chi connectivity index (χ1n) is 6.75. The zero-order valence-electron chi connectivity index (χ0n) is 11.4. The molecule has 0 radical (unpaired) electrons. The second-order valence-corrected chi connectivity index (χ2v) is 7.34. The van der Waals surface area contributed by atoms with E-state index in [0.717, 1.165) is 15.1 Å². The van der Waals surface area contributed by atoms with Crippen LogP contribution < -0.4 is 4.74 Å². The third kappa shape index (κ3) is 2.47. The molecule has 0 bridgehead atoms. The van der Waals surface area contributed by atoms with Gasteiger partial charge in [-0.1, -0.05) is 35.1 Å². The Labute approximate surface area is 139 Å². The van der Waals surface area contributed by atoms with Crippen LogP contribution in [0.25, 0.3) is 10.2 Å². The van der Waals surface area contributed by atoms with Crippen molar-refractivity contribution in [3.8, 4) is 5.19 Å². The van der Waals surface area contributed by atoms with Crippen LogP contribution in [0.5, 0.6) is 5.19 Å². The molecule has 112 valence electrons. The van der Waals surface area contributed by atoms with Crippen molar-refractivity contribution < 1.29 is 9.53 Å².